The van der Waals surface area contributed by atoms with Gasteiger partial charge in [-0.2, -0.15) is 0 Å². The summed E-state index contributed by atoms with van der Waals surface area (Å²) in [7, 11) is 0. The van der Waals surface area contributed by atoms with Crippen LogP contribution in [0.25, 0.3) is 0 Å². The van der Waals surface area contributed by atoms with Crippen LogP contribution >= 0.6 is 0 Å². The number of anilines is 1. The Morgan fingerprint density at radius 1 is 1.07 bits per heavy atom. The zero-order chi connectivity index (χ0) is 20.9. The van der Waals surface area contributed by atoms with E-state index in [1.807, 2.05) is 42.5 Å². The van der Waals surface area contributed by atoms with Crippen LogP contribution in [0.3, 0.4) is 0 Å². The Labute approximate surface area is 175 Å². The summed E-state index contributed by atoms with van der Waals surface area (Å²) in [4.78, 5) is 8.25. The predicted molar refractivity (Wildman–Crippen MR) is 113 cm³/mol. The van der Waals surface area contributed by atoms with Crippen molar-refractivity contribution in [2.45, 2.75) is 31.9 Å². The average Bonchev–Trinajstić information content (AvgIpc) is 3.19. The number of alkyl halides is 2. The molecule has 2 aliphatic heterocycles. The number of ether oxygens (including phenoxy) is 1. The molecule has 0 aromatic heterocycles. The normalized spacial score (nSPS) is 20.6. The Kier molecular flexibility index (Phi) is 6.47. The van der Waals surface area contributed by atoms with Crippen LogP contribution in [0.15, 0.2) is 59.6 Å². The number of para-hydroxylation sites is 1. The van der Waals surface area contributed by atoms with Gasteiger partial charge < -0.3 is 9.84 Å². The van der Waals surface area contributed by atoms with Gasteiger partial charge in [-0.3, -0.25) is 9.80 Å². The number of phenolic OH excluding ortho intramolecular Hbond substituents is 1. The molecule has 0 amide bonds. The molecule has 0 radical (unpaired) electrons. The third-order valence-electron chi connectivity index (χ3n) is 5.71. The standard InChI is InChI=1S/C23H27F2N3O2/c24-22(25)21-15-28(19-6-2-1-3-7-19)23(26-21)30-16-17-9-11-27(12-10-17)14-18-5-4-8-20(29)13-18/h1-8,13,17,21-22,29H,9-12,14-16H2. The summed E-state index contributed by atoms with van der Waals surface area (Å²) in [5.74, 6) is 0.662. The van der Waals surface area contributed by atoms with Crippen molar-refractivity contribution in [2.75, 3.05) is 31.1 Å². The van der Waals surface area contributed by atoms with Gasteiger partial charge in [0.2, 0.25) is 0 Å². The first kappa shape index (κ1) is 20.6. The third-order valence-corrected chi connectivity index (χ3v) is 5.71. The smallest absolute Gasteiger partial charge is 0.292 e. The average molecular weight is 415 g/mol. The second-order valence-electron chi connectivity index (χ2n) is 7.96. The topological polar surface area (TPSA) is 48.3 Å². The van der Waals surface area contributed by atoms with Crippen LogP contribution in [0.4, 0.5) is 14.5 Å². The number of aliphatic imine (C=N–C) groups is 1. The van der Waals surface area contributed by atoms with Gasteiger partial charge in [-0.1, -0.05) is 30.3 Å². The van der Waals surface area contributed by atoms with E-state index in [-0.39, 0.29) is 12.3 Å². The molecule has 2 heterocycles. The highest BCUT2D eigenvalue weighted by atomic mass is 19.3. The van der Waals surface area contributed by atoms with Crippen LogP contribution in [0, 0.1) is 5.92 Å². The van der Waals surface area contributed by atoms with E-state index in [2.05, 4.69) is 9.89 Å². The van der Waals surface area contributed by atoms with Crippen LogP contribution < -0.4 is 4.90 Å². The Hall–Kier alpha value is -2.67. The van der Waals surface area contributed by atoms with Gasteiger partial charge >= 0.3 is 0 Å². The summed E-state index contributed by atoms with van der Waals surface area (Å²) in [6.45, 7) is 3.32. The van der Waals surface area contributed by atoms with Crippen molar-refractivity contribution in [3.05, 3.63) is 60.2 Å². The molecule has 0 aliphatic carbocycles. The summed E-state index contributed by atoms with van der Waals surface area (Å²) in [6, 6.07) is 16.0. The van der Waals surface area contributed by atoms with Gasteiger partial charge in [0.25, 0.3) is 12.4 Å². The molecule has 160 valence electrons. The van der Waals surface area contributed by atoms with Crippen molar-refractivity contribution in [1.82, 2.24) is 4.90 Å². The maximum Gasteiger partial charge on any atom is 0.292 e. The minimum atomic E-state index is -2.50. The van der Waals surface area contributed by atoms with E-state index in [4.69, 9.17) is 4.74 Å². The highest BCUT2D eigenvalue weighted by molar-refractivity contribution is 5.93. The minimum Gasteiger partial charge on any atom is -0.508 e. The van der Waals surface area contributed by atoms with Gasteiger partial charge in [-0.05, 0) is 61.7 Å². The first-order chi connectivity index (χ1) is 14.6. The number of hydrogen-bond donors (Lipinski definition) is 1. The Bertz CT molecular complexity index is 855. The number of nitrogens with zero attached hydrogens (tertiary/aromatic N) is 3. The van der Waals surface area contributed by atoms with Gasteiger partial charge in [-0.15, -0.1) is 0 Å². The molecular weight excluding hydrogens is 388 g/mol. The second kappa shape index (κ2) is 9.43. The van der Waals surface area contributed by atoms with E-state index in [9.17, 15) is 13.9 Å². The highest BCUT2D eigenvalue weighted by Crippen LogP contribution is 2.25. The lowest BCUT2D eigenvalue weighted by molar-refractivity contribution is 0.121. The van der Waals surface area contributed by atoms with Gasteiger partial charge in [-0.25, -0.2) is 13.8 Å². The molecule has 7 heteroatoms. The zero-order valence-corrected chi connectivity index (χ0v) is 16.8. The van der Waals surface area contributed by atoms with Crippen LogP contribution in [0.1, 0.15) is 18.4 Å². The Balaban J connectivity index is 1.30. The van der Waals surface area contributed by atoms with Gasteiger partial charge in [0.15, 0.2) is 0 Å². The molecule has 4 rings (SSSR count). The molecule has 1 N–H and O–H groups in total. The number of halogens is 2. The molecule has 2 aromatic rings. The van der Waals surface area contributed by atoms with E-state index < -0.39 is 12.5 Å². The third kappa shape index (κ3) is 5.08. The molecule has 1 atom stereocenters. The minimum absolute atomic E-state index is 0.138. The van der Waals surface area contributed by atoms with E-state index in [1.165, 1.54) is 0 Å². The zero-order valence-electron chi connectivity index (χ0n) is 16.8. The fraction of sp³-hybridized carbons (Fsp3) is 0.435. The van der Waals surface area contributed by atoms with E-state index in [0.717, 1.165) is 43.7 Å². The number of amidine groups is 1. The lowest BCUT2D eigenvalue weighted by atomic mass is 9.97. The first-order valence-corrected chi connectivity index (χ1v) is 10.4. The van der Waals surface area contributed by atoms with E-state index in [1.54, 1.807) is 17.0 Å². The van der Waals surface area contributed by atoms with Crippen molar-refractivity contribution >= 4 is 11.7 Å². The lowest BCUT2D eigenvalue weighted by Gasteiger charge is -2.32. The number of benzene rings is 2. The van der Waals surface area contributed by atoms with E-state index >= 15 is 0 Å². The summed E-state index contributed by atoms with van der Waals surface area (Å²) >= 11 is 0. The lowest BCUT2D eigenvalue weighted by Crippen LogP contribution is -2.36. The molecule has 5 nitrogen and oxygen atoms in total. The van der Waals surface area contributed by atoms with Crippen molar-refractivity contribution in [3.63, 3.8) is 0 Å². The molecule has 1 saturated heterocycles. The van der Waals surface area contributed by atoms with Crippen molar-refractivity contribution in [2.24, 2.45) is 10.9 Å². The number of rotatable bonds is 6. The Morgan fingerprint density at radius 3 is 2.53 bits per heavy atom. The summed E-state index contributed by atoms with van der Waals surface area (Å²) < 4.78 is 32.4. The van der Waals surface area contributed by atoms with E-state index in [0.29, 0.717) is 18.5 Å². The van der Waals surface area contributed by atoms with Crippen LogP contribution in [0.2, 0.25) is 0 Å². The van der Waals surface area contributed by atoms with Gasteiger partial charge in [0.05, 0.1) is 13.2 Å². The van der Waals surface area contributed by atoms with Gasteiger partial charge in [0, 0.05) is 12.2 Å². The highest BCUT2D eigenvalue weighted by Gasteiger charge is 2.34. The molecule has 30 heavy (non-hydrogen) atoms. The van der Waals surface area contributed by atoms with Crippen LogP contribution in [-0.2, 0) is 11.3 Å². The number of piperidine rings is 1. The second-order valence-corrected chi connectivity index (χ2v) is 7.96. The fourth-order valence-corrected chi connectivity index (χ4v) is 4.01. The summed E-state index contributed by atoms with van der Waals surface area (Å²) in [5.41, 5.74) is 1.92. The molecule has 2 aliphatic rings. The quantitative estimate of drug-likeness (QED) is 0.771. The van der Waals surface area contributed by atoms with Crippen LogP contribution in [-0.4, -0.2) is 54.7 Å². The fourth-order valence-electron chi connectivity index (χ4n) is 4.01. The summed E-state index contributed by atoms with van der Waals surface area (Å²) in [5, 5.41) is 9.62. The summed E-state index contributed by atoms with van der Waals surface area (Å²) in [6.07, 6.45) is -0.538. The number of phenols is 1. The van der Waals surface area contributed by atoms with Crippen LogP contribution in [0.5, 0.6) is 5.75 Å². The number of hydrogen-bond acceptors (Lipinski definition) is 5. The molecule has 1 unspecified atom stereocenters. The molecule has 0 spiro atoms. The maximum atomic E-state index is 13.2. The first-order valence-electron chi connectivity index (χ1n) is 10.4. The molecule has 2 aromatic carbocycles. The van der Waals surface area contributed by atoms with Crippen molar-refractivity contribution < 1.29 is 18.6 Å². The Morgan fingerprint density at radius 2 is 1.83 bits per heavy atom. The monoisotopic (exact) mass is 415 g/mol. The molecule has 1 fully saturated rings. The van der Waals surface area contributed by atoms with Crippen molar-refractivity contribution in [1.29, 1.82) is 0 Å². The predicted octanol–water partition coefficient (Wildman–Crippen LogP) is 4.13. The SMILES string of the molecule is Oc1cccc(CN2CCC(COC3=NC(C(F)F)CN3c3ccccc3)CC2)c1. The van der Waals surface area contributed by atoms with Gasteiger partial charge in [0.1, 0.15) is 11.8 Å². The molecule has 0 bridgehead atoms. The van der Waals surface area contributed by atoms with Crippen molar-refractivity contribution in [3.8, 4) is 5.75 Å². The number of aromatic hydroxyl groups is 1. The molecule has 0 saturated carbocycles. The number of likely N-dealkylation sites (tertiary alicyclic amines) is 1. The largest absolute Gasteiger partial charge is 0.508 e. The molecular formula is C23H27F2N3O2. The maximum absolute atomic E-state index is 13.2.